The topological polar surface area (TPSA) is 60.5 Å². The molecule has 1 aliphatic heterocycles. The Morgan fingerprint density at radius 3 is 2.80 bits per heavy atom. The molecule has 3 aromatic heterocycles. The standard InChI is InChI=1S/C26H22F2N6O/c1-35-24-7-3-2-5-19(24)17-14-29-34(16-17)23-15-30-33-12-10-25(31-26(23)33)32-11-4-6-22(32)20-13-18(27)8-9-21(20)28/h2-3,5,7-10,12-16,22H,4,6,11H2,1H3/t22-/m1/s1. The fourth-order valence-electron chi connectivity index (χ4n) is 4.78. The van der Waals surface area contributed by atoms with Gasteiger partial charge in [-0.3, -0.25) is 0 Å². The molecule has 1 saturated heterocycles. The summed E-state index contributed by atoms with van der Waals surface area (Å²) < 4.78 is 37.3. The fraction of sp³-hybridized carbons (Fsp3) is 0.192. The van der Waals surface area contributed by atoms with E-state index < -0.39 is 11.6 Å². The molecule has 176 valence electrons. The molecule has 35 heavy (non-hydrogen) atoms. The first-order valence-corrected chi connectivity index (χ1v) is 11.4. The maximum Gasteiger partial charge on any atom is 0.183 e. The molecule has 1 atom stereocenters. The fourth-order valence-corrected chi connectivity index (χ4v) is 4.78. The quantitative estimate of drug-likeness (QED) is 0.351. The molecule has 0 unspecified atom stereocenters. The molecule has 9 heteroatoms. The van der Waals surface area contributed by atoms with Gasteiger partial charge in [0.05, 0.1) is 25.5 Å². The number of hydrogen-bond donors (Lipinski definition) is 0. The van der Waals surface area contributed by atoms with E-state index in [1.807, 2.05) is 47.6 Å². The molecule has 0 saturated carbocycles. The van der Waals surface area contributed by atoms with Gasteiger partial charge in [0.15, 0.2) is 5.65 Å². The second-order valence-corrected chi connectivity index (χ2v) is 8.47. The van der Waals surface area contributed by atoms with Crippen LogP contribution in [-0.4, -0.2) is 38.0 Å². The van der Waals surface area contributed by atoms with Crippen molar-refractivity contribution in [3.8, 4) is 22.6 Å². The predicted molar refractivity (Wildman–Crippen MR) is 128 cm³/mol. The van der Waals surface area contributed by atoms with Gasteiger partial charge in [-0.15, -0.1) is 0 Å². The van der Waals surface area contributed by atoms with Gasteiger partial charge in [-0.25, -0.2) is 23.0 Å². The summed E-state index contributed by atoms with van der Waals surface area (Å²) >= 11 is 0. The molecule has 0 aliphatic carbocycles. The van der Waals surface area contributed by atoms with Crippen molar-refractivity contribution in [3.05, 3.63) is 90.5 Å². The third kappa shape index (κ3) is 3.69. The number of fused-ring (bicyclic) bond motifs is 1. The Kier molecular flexibility index (Phi) is 5.17. The van der Waals surface area contributed by atoms with Gasteiger partial charge in [0.1, 0.15) is 28.9 Å². The summed E-state index contributed by atoms with van der Waals surface area (Å²) in [7, 11) is 1.64. The highest BCUT2D eigenvalue weighted by Gasteiger charge is 2.30. The summed E-state index contributed by atoms with van der Waals surface area (Å²) in [5, 5.41) is 8.96. The molecule has 0 radical (unpaired) electrons. The smallest absolute Gasteiger partial charge is 0.183 e. The van der Waals surface area contributed by atoms with E-state index in [0.29, 0.717) is 29.3 Å². The largest absolute Gasteiger partial charge is 0.496 e. The van der Waals surface area contributed by atoms with E-state index in [0.717, 1.165) is 35.8 Å². The number of rotatable bonds is 5. The van der Waals surface area contributed by atoms with Gasteiger partial charge >= 0.3 is 0 Å². The lowest BCUT2D eigenvalue weighted by atomic mass is 10.0. The monoisotopic (exact) mass is 472 g/mol. The number of hydrogen-bond acceptors (Lipinski definition) is 5. The van der Waals surface area contributed by atoms with Crippen molar-refractivity contribution in [2.24, 2.45) is 0 Å². The van der Waals surface area contributed by atoms with Crippen LogP contribution in [0.5, 0.6) is 5.75 Å². The second kappa shape index (κ2) is 8.50. The number of aromatic nitrogens is 5. The highest BCUT2D eigenvalue weighted by atomic mass is 19.1. The van der Waals surface area contributed by atoms with Crippen LogP contribution in [-0.2, 0) is 0 Å². The second-order valence-electron chi connectivity index (χ2n) is 8.47. The summed E-state index contributed by atoms with van der Waals surface area (Å²) in [4.78, 5) is 6.89. The number of para-hydroxylation sites is 1. The van der Waals surface area contributed by atoms with Crippen molar-refractivity contribution >= 4 is 11.5 Å². The molecular weight excluding hydrogens is 450 g/mol. The first kappa shape index (κ1) is 21.3. The van der Waals surface area contributed by atoms with Crippen LogP contribution in [0.3, 0.4) is 0 Å². The van der Waals surface area contributed by atoms with E-state index in [1.165, 1.54) is 12.1 Å². The van der Waals surface area contributed by atoms with Crippen molar-refractivity contribution in [2.45, 2.75) is 18.9 Å². The number of halogens is 2. The average Bonchev–Trinajstić information content (AvgIpc) is 3.64. The van der Waals surface area contributed by atoms with Crippen LogP contribution in [0.25, 0.3) is 22.5 Å². The van der Waals surface area contributed by atoms with Gasteiger partial charge in [0, 0.05) is 35.6 Å². The minimum absolute atomic E-state index is 0.283. The Balaban J connectivity index is 1.38. The third-order valence-electron chi connectivity index (χ3n) is 6.45. The molecule has 2 aromatic carbocycles. The molecule has 0 amide bonds. The minimum Gasteiger partial charge on any atom is -0.496 e. The molecule has 0 bridgehead atoms. The summed E-state index contributed by atoms with van der Waals surface area (Å²) in [6.45, 7) is 0.701. The van der Waals surface area contributed by atoms with Gasteiger partial charge < -0.3 is 9.64 Å². The Morgan fingerprint density at radius 2 is 1.91 bits per heavy atom. The molecule has 5 aromatic rings. The highest BCUT2D eigenvalue weighted by Crippen LogP contribution is 2.37. The summed E-state index contributed by atoms with van der Waals surface area (Å²) in [6.07, 6.45) is 8.79. The van der Waals surface area contributed by atoms with Gasteiger partial charge in [-0.05, 0) is 43.2 Å². The third-order valence-corrected chi connectivity index (χ3v) is 6.45. The molecule has 6 rings (SSSR count). The summed E-state index contributed by atoms with van der Waals surface area (Å²) in [6, 6.07) is 12.9. The number of benzene rings is 2. The molecular formula is C26H22F2N6O. The van der Waals surface area contributed by atoms with Crippen molar-refractivity contribution in [1.82, 2.24) is 24.4 Å². The van der Waals surface area contributed by atoms with Crippen LogP contribution in [0.15, 0.2) is 73.3 Å². The first-order valence-electron chi connectivity index (χ1n) is 11.4. The zero-order valence-electron chi connectivity index (χ0n) is 19.0. The Bertz CT molecular complexity index is 1530. The van der Waals surface area contributed by atoms with Gasteiger partial charge in [0.2, 0.25) is 0 Å². The van der Waals surface area contributed by atoms with Crippen LogP contribution >= 0.6 is 0 Å². The maximum absolute atomic E-state index is 14.5. The Morgan fingerprint density at radius 1 is 1.03 bits per heavy atom. The minimum atomic E-state index is -0.445. The molecule has 0 N–H and O–H groups in total. The Labute approximate surface area is 200 Å². The molecule has 0 spiro atoms. The van der Waals surface area contributed by atoms with E-state index in [4.69, 9.17) is 9.72 Å². The average molecular weight is 472 g/mol. The number of anilines is 1. The highest BCUT2D eigenvalue weighted by molar-refractivity contribution is 5.70. The first-order chi connectivity index (χ1) is 17.1. The maximum atomic E-state index is 14.5. The molecule has 1 aliphatic rings. The van der Waals surface area contributed by atoms with Gasteiger partial charge in [0.25, 0.3) is 0 Å². The van der Waals surface area contributed by atoms with Crippen molar-refractivity contribution in [3.63, 3.8) is 0 Å². The van der Waals surface area contributed by atoms with E-state index in [2.05, 4.69) is 10.2 Å². The van der Waals surface area contributed by atoms with E-state index in [-0.39, 0.29) is 6.04 Å². The molecule has 4 heterocycles. The van der Waals surface area contributed by atoms with E-state index in [1.54, 1.807) is 28.7 Å². The van der Waals surface area contributed by atoms with Crippen LogP contribution in [0.1, 0.15) is 24.4 Å². The summed E-state index contributed by atoms with van der Waals surface area (Å²) in [5.41, 5.74) is 3.51. The zero-order chi connectivity index (χ0) is 23.9. The van der Waals surface area contributed by atoms with Crippen LogP contribution in [0, 0.1) is 11.6 Å². The number of nitrogens with zero attached hydrogens (tertiary/aromatic N) is 6. The van der Waals surface area contributed by atoms with Crippen molar-refractivity contribution in [2.75, 3.05) is 18.6 Å². The lowest BCUT2D eigenvalue weighted by Crippen LogP contribution is -2.24. The lowest BCUT2D eigenvalue weighted by Gasteiger charge is -2.26. The zero-order valence-corrected chi connectivity index (χ0v) is 19.0. The van der Waals surface area contributed by atoms with Crippen molar-refractivity contribution < 1.29 is 13.5 Å². The van der Waals surface area contributed by atoms with Crippen LogP contribution < -0.4 is 9.64 Å². The normalized spacial score (nSPS) is 15.7. The van der Waals surface area contributed by atoms with Crippen molar-refractivity contribution in [1.29, 1.82) is 0 Å². The molecule has 7 nitrogen and oxygen atoms in total. The van der Waals surface area contributed by atoms with Gasteiger partial charge in [-0.1, -0.05) is 18.2 Å². The van der Waals surface area contributed by atoms with Gasteiger partial charge in [-0.2, -0.15) is 10.2 Å². The van der Waals surface area contributed by atoms with Crippen LogP contribution in [0.4, 0.5) is 14.6 Å². The molecule has 1 fully saturated rings. The lowest BCUT2D eigenvalue weighted by molar-refractivity contribution is 0.416. The van der Waals surface area contributed by atoms with E-state index >= 15 is 0 Å². The summed E-state index contributed by atoms with van der Waals surface area (Å²) in [5.74, 6) is 0.591. The Hall–Kier alpha value is -4.27. The number of ether oxygens (including phenoxy) is 1. The SMILES string of the molecule is COc1ccccc1-c1cnn(-c2cnn3ccc(N4CCC[C@@H]4c4cc(F)ccc4F)nc23)c1. The number of methoxy groups -OCH3 is 1. The predicted octanol–water partition coefficient (Wildman–Crippen LogP) is 5.21. The van der Waals surface area contributed by atoms with E-state index in [9.17, 15) is 8.78 Å². The van der Waals surface area contributed by atoms with Crippen LogP contribution in [0.2, 0.25) is 0 Å².